The van der Waals surface area contributed by atoms with Gasteiger partial charge in [0.1, 0.15) is 5.82 Å². The molecule has 118 valence electrons. The second kappa shape index (κ2) is 9.28. The van der Waals surface area contributed by atoms with E-state index in [1.807, 2.05) is 13.8 Å². The van der Waals surface area contributed by atoms with E-state index in [4.69, 9.17) is 0 Å². The van der Waals surface area contributed by atoms with E-state index in [0.29, 0.717) is 18.1 Å². The van der Waals surface area contributed by atoms with Crippen molar-refractivity contribution in [1.29, 1.82) is 0 Å². The van der Waals surface area contributed by atoms with Crippen LogP contribution in [0.5, 0.6) is 0 Å². The molecule has 0 spiro atoms. The van der Waals surface area contributed by atoms with Crippen molar-refractivity contribution in [3.8, 4) is 0 Å². The summed E-state index contributed by atoms with van der Waals surface area (Å²) in [5.41, 5.74) is 0.317. The summed E-state index contributed by atoms with van der Waals surface area (Å²) in [4.78, 5) is 14.2. The highest BCUT2D eigenvalue weighted by atomic mass is 16.3. The summed E-state index contributed by atoms with van der Waals surface area (Å²) >= 11 is 0. The van der Waals surface area contributed by atoms with Crippen LogP contribution in [0.25, 0.3) is 0 Å². The van der Waals surface area contributed by atoms with E-state index in [2.05, 4.69) is 22.4 Å². The topological polar surface area (TPSA) is 78.4 Å². The maximum absolute atomic E-state index is 12.5. The minimum absolute atomic E-state index is 0.0498. The molecule has 6 nitrogen and oxygen atoms in total. The summed E-state index contributed by atoms with van der Waals surface area (Å²) in [7, 11) is 0. The molecule has 6 heteroatoms. The van der Waals surface area contributed by atoms with Gasteiger partial charge in [-0.05, 0) is 31.4 Å². The smallest absolute Gasteiger partial charge is 0.274 e. The van der Waals surface area contributed by atoms with E-state index in [1.54, 1.807) is 17.0 Å². The average Bonchev–Trinajstić information content (AvgIpc) is 2.53. The van der Waals surface area contributed by atoms with E-state index in [9.17, 15) is 9.90 Å². The number of nitrogens with zero attached hydrogens (tertiary/aromatic N) is 3. The van der Waals surface area contributed by atoms with Crippen LogP contribution in [-0.4, -0.2) is 51.8 Å². The molecule has 1 heterocycles. The Balaban J connectivity index is 2.83. The molecule has 0 saturated heterocycles. The van der Waals surface area contributed by atoms with Gasteiger partial charge in [-0.3, -0.25) is 4.79 Å². The quantitative estimate of drug-likeness (QED) is 0.727. The summed E-state index contributed by atoms with van der Waals surface area (Å²) in [5.74, 6) is 0.497. The zero-order valence-electron chi connectivity index (χ0n) is 13.2. The van der Waals surface area contributed by atoms with Crippen LogP contribution in [0.4, 0.5) is 5.82 Å². The largest absolute Gasteiger partial charge is 0.395 e. The number of hydrogen-bond acceptors (Lipinski definition) is 5. The second-order valence-corrected chi connectivity index (χ2v) is 4.92. The molecule has 21 heavy (non-hydrogen) atoms. The molecule has 0 aliphatic carbocycles. The van der Waals surface area contributed by atoms with Gasteiger partial charge in [-0.15, -0.1) is 10.2 Å². The number of rotatable bonds is 9. The summed E-state index contributed by atoms with van der Waals surface area (Å²) < 4.78 is 0. The molecule has 2 N–H and O–H groups in total. The molecular weight excluding hydrogens is 268 g/mol. The van der Waals surface area contributed by atoms with E-state index in [1.165, 1.54) is 0 Å². The number of carbonyl (C=O) groups excluding carboxylic acids is 1. The van der Waals surface area contributed by atoms with Gasteiger partial charge in [0.25, 0.3) is 5.91 Å². The summed E-state index contributed by atoms with van der Waals surface area (Å²) in [5, 5.41) is 20.3. The Morgan fingerprint density at radius 3 is 2.48 bits per heavy atom. The number of nitrogens with one attached hydrogen (secondary N) is 1. The van der Waals surface area contributed by atoms with Crippen LogP contribution < -0.4 is 5.32 Å². The molecule has 1 rings (SSSR count). The lowest BCUT2D eigenvalue weighted by atomic mass is 10.1. The highest BCUT2D eigenvalue weighted by molar-refractivity contribution is 5.92. The van der Waals surface area contributed by atoms with Crippen LogP contribution in [0, 0.1) is 0 Å². The van der Waals surface area contributed by atoms with Crippen molar-refractivity contribution in [3.05, 3.63) is 17.8 Å². The number of anilines is 1. The number of aromatic nitrogens is 2. The molecule has 0 aliphatic rings. The van der Waals surface area contributed by atoms with Gasteiger partial charge in [-0.25, -0.2) is 0 Å². The fourth-order valence-corrected chi connectivity index (χ4v) is 2.23. The van der Waals surface area contributed by atoms with Crippen molar-refractivity contribution in [2.75, 3.05) is 25.0 Å². The number of amides is 1. The minimum Gasteiger partial charge on any atom is -0.395 e. The molecule has 0 radical (unpaired) electrons. The van der Waals surface area contributed by atoms with Crippen molar-refractivity contribution in [3.63, 3.8) is 0 Å². The van der Waals surface area contributed by atoms with Gasteiger partial charge in [0.05, 0.1) is 6.61 Å². The normalized spacial score (nSPS) is 10.7. The first-order chi connectivity index (χ1) is 10.2. The average molecular weight is 294 g/mol. The summed E-state index contributed by atoms with van der Waals surface area (Å²) in [6, 6.07) is 3.56. The van der Waals surface area contributed by atoms with Crippen molar-refractivity contribution >= 4 is 11.7 Å². The lowest BCUT2D eigenvalue weighted by Crippen LogP contribution is -2.42. The Hall–Kier alpha value is -1.69. The highest BCUT2D eigenvalue weighted by Crippen LogP contribution is 2.13. The lowest BCUT2D eigenvalue weighted by Gasteiger charge is -2.29. The first-order valence-corrected chi connectivity index (χ1v) is 7.67. The highest BCUT2D eigenvalue weighted by Gasteiger charge is 2.23. The van der Waals surface area contributed by atoms with E-state index < -0.39 is 0 Å². The monoisotopic (exact) mass is 294 g/mol. The Morgan fingerprint density at radius 2 is 2.00 bits per heavy atom. The third kappa shape index (κ3) is 4.97. The van der Waals surface area contributed by atoms with Gasteiger partial charge >= 0.3 is 0 Å². The molecule has 0 atom stereocenters. The number of aliphatic hydroxyl groups is 1. The predicted octanol–water partition coefficient (Wildman–Crippen LogP) is 1.92. The Bertz CT molecular complexity index is 418. The van der Waals surface area contributed by atoms with E-state index in [-0.39, 0.29) is 18.6 Å². The van der Waals surface area contributed by atoms with Gasteiger partial charge in [0, 0.05) is 19.1 Å². The Labute approximate surface area is 126 Å². The van der Waals surface area contributed by atoms with Crippen molar-refractivity contribution in [2.24, 2.45) is 0 Å². The van der Waals surface area contributed by atoms with Gasteiger partial charge in [0.15, 0.2) is 5.69 Å². The molecule has 0 saturated carbocycles. The second-order valence-electron chi connectivity index (χ2n) is 4.92. The van der Waals surface area contributed by atoms with Crippen LogP contribution in [0.15, 0.2) is 12.1 Å². The molecule has 0 bridgehead atoms. The fraction of sp³-hybridized carbons (Fsp3) is 0.667. The maximum atomic E-state index is 12.5. The minimum atomic E-state index is -0.174. The molecule has 0 fully saturated rings. The van der Waals surface area contributed by atoms with Crippen LogP contribution in [0.1, 0.15) is 50.5 Å². The van der Waals surface area contributed by atoms with Crippen molar-refractivity contribution in [2.45, 2.75) is 46.1 Å². The fourth-order valence-electron chi connectivity index (χ4n) is 2.23. The number of carbonyl (C=O) groups is 1. The Morgan fingerprint density at radius 1 is 1.29 bits per heavy atom. The van der Waals surface area contributed by atoms with Gasteiger partial charge in [-0.2, -0.15) is 0 Å². The van der Waals surface area contributed by atoms with E-state index in [0.717, 1.165) is 25.8 Å². The zero-order chi connectivity index (χ0) is 15.7. The zero-order valence-corrected chi connectivity index (χ0v) is 13.2. The van der Waals surface area contributed by atoms with Crippen LogP contribution in [0.2, 0.25) is 0 Å². The number of hydrogen-bond donors (Lipinski definition) is 2. The first kappa shape index (κ1) is 17.4. The SMILES string of the molecule is CCCNc1ccc(C(=O)N(CCO)C(CC)CC)nn1. The maximum Gasteiger partial charge on any atom is 0.274 e. The van der Waals surface area contributed by atoms with Crippen LogP contribution >= 0.6 is 0 Å². The van der Waals surface area contributed by atoms with Crippen molar-refractivity contribution in [1.82, 2.24) is 15.1 Å². The molecule has 1 aromatic rings. The summed E-state index contributed by atoms with van der Waals surface area (Å²) in [6.07, 6.45) is 2.71. The van der Waals surface area contributed by atoms with Gasteiger partial charge in [-0.1, -0.05) is 20.8 Å². The van der Waals surface area contributed by atoms with Gasteiger partial charge < -0.3 is 15.3 Å². The lowest BCUT2D eigenvalue weighted by molar-refractivity contribution is 0.0615. The van der Waals surface area contributed by atoms with Gasteiger partial charge in [0.2, 0.25) is 0 Å². The number of aliphatic hydroxyl groups excluding tert-OH is 1. The predicted molar refractivity (Wildman–Crippen MR) is 83.3 cm³/mol. The molecular formula is C15H26N4O2. The third-order valence-corrected chi connectivity index (χ3v) is 3.42. The van der Waals surface area contributed by atoms with E-state index >= 15 is 0 Å². The standard InChI is InChI=1S/C15H26N4O2/c1-4-9-16-14-8-7-13(17-18-14)15(21)19(10-11-20)12(5-2)6-3/h7-8,12,20H,4-6,9-11H2,1-3H3,(H,16,18). The molecule has 1 amide bonds. The molecule has 0 unspecified atom stereocenters. The molecule has 0 aromatic carbocycles. The van der Waals surface area contributed by atoms with Crippen LogP contribution in [-0.2, 0) is 0 Å². The summed E-state index contributed by atoms with van der Waals surface area (Å²) in [6.45, 7) is 7.24. The molecule has 0 aliphatic heterocycles. The Kier molecular flexibility index (Phi) is 7.68. The third-order valence-electron chi connectivity index (χ3n) is 3.42. The van der Waals surface area contributed by atoms with Crippen molar-refractivity contribution < 1.29 is 9.90 Å². The van der Waals surface area contributed by atoms with Crippen LogP contribution in [0.3, 0.4) is 0 Å². The molecule has 1 aromatic heterocycles. The first-order valence-electron chi connectivity index (χ1n) is 7.67.